The van der Waals surface area contributed by atoms with Gasteiger partial charge in [-0.15, -0.1) is 5.10 Å². The van der Waals surface area contributed by atoms with Gasteiger partial charge in [0.1, 0.15) is 5.02 Å². The minimum absolute atomic E-state index is 0.339. The smallest absolute Gasteiger partial charge is 0.313 e. The Kier molecular flexibility index (Phi) is 3.86. The molecule has 4 nitrogen and oxygen atoms in total. The number of carbonyl (C=O) groups is 1. The zero-order valence-corrected chi connectivity index (χ0v) is 12.2. The largest absolute Gasteiger partial charge is 0.365 e. The molecular formula is C10H5Br2ClN2O2. The van der Waals surface area contributed by atoms with Gasteiger partial charge < -0.3 is 4.84 Å². The van der Waals surface area contributed by atoms with Crippen LogP contribution in [0.25, 0.3) is 0 Å². The summed E-state index contributed by atoms with van der Waals surface area (Å²) < 4.78 is 0.766. The molecule has 0 unspecified atom stereocenters. The summed E-state index contributed by atoms with van der Waals surface area (Å²) in [4.78, 5) is 17.8. The third-order valence-corrected chi connectivity index (χ3v) is 3.96. The highest BCUT2D eigenvalue weighted by atomic mass is 79.9. The summed E-state index contributed by atoms with van der Waals surface area (Å²) in [5.41, 5.74) is 0.433. The summed E-state index contributed by atoms with van der Waals surface area (Å²) in [6.07, 6.45) is 0. The second-order valence-corrected chi connectivity index (χ2v) is 4.89. The minimum Gasteiger partial charge on any atom is -0.313 e. The number of hydrogen-bond donors (Lipinski definition) is 0. The lowest BCUT2D eigenvalue weighted by molar-refractivity contribution is 0.0379. The summed E-state index contributed by atoms with van der Waals surface area (Å²) in [7, 11) is 0. The molecule has 0 N–H and O–H groups in total. The molecule has 0 saturated carbocycles. The molecule has 1 aromatic heterocycles. The zero-order chi connectivity index (χ0) is 12.4. The Morgan fingerprint density at radius 3 is 2.47 bits per heavy atom. The van der Waals surface area contributed by atoms with Gasteiger partial charge in [0.2, 0.25) is 0 Å². The normalized spacial score (nSPS) is 10.3. The van der Waals surface area contributed by atoms with E-state index < -0.39 is 5.97 Å². The van der Waals surface area contributed by atoms with E-state index >= 15 is 0 Å². The van der Waals surface area contributed by atoms with Crippen LogP contribution in [0.1, 0.15) is 10.4 Å². The highest BCUT2D eigenvalue weighted by Gasteiger charge is 2.16. The van der Waals surface area contributed by atoms with Crippen LogP contribution in [0.2, 0.25) is 5.02 Å². The molecule has 0 atom stereocenters. The maximum absolute atomic E-state index is 11.7. The SMILES string of the molecule is O=C(On1nc(Br)c(Cl)c1Br)c1ccccc1. The fraction of sp³-hybridized carbons (Fsp3) is 0. The molecule has 1 aromatic carbocycles. The molecule has 88 valence electrons. The van der Waals surface area contributed by atoms with Crippen LogP contribution < -0.4 is 4.84 Å². The highest BCUT2D eigenvalue weighted by Crippen LogP contribution is 2.29. The molecule has 0 aliphatic heterocycles. The van der Waals surface area contributed by atoms with E-state index in [1.165, 1.54) is 0 Å². The molecule has 0 aliphatic rings. The van der Waals surface area contributed by atoms with Crippen molar-refractivity contribution in [1.82, 2.24) is 9.94 Å². The second-order valence-electron chi connectivity index (χ2n) is 3.01. The van der Waals surface area contributed by atoms with Gasteiger partial charge >= 0.3 is 5.97 Å². The van der Waals surface area contributed by atoms with Gasteiger partial charge in [-0.1, -0.05) is 34.6 Å². The molecule has 1 heterocycles. The van der Waals surface area contributed by atoms with Gasteiger partial charge in [0, 0.05) is 0 Å². The minimum atomic E-state index is -0.516. The van der Waals surface area contributed by atoms with Crippen LogP contribution in [0.3, 0.4) is 0 Å². The number of hydrogen-bond acceptors (Lipinski definition) is 3. The Balaban J connectivity index is 2.22. The fourth-order valence-corrected chi connectivity index (χ4v) is 2.15. The molecule has 0 bridgehead atoms. The number of aromatic nitrogens is 2. The van der Waals surface area contributed by atoms with Crippen LogP contribution in [0, 0.1) is 0 Å². The molecule has 2 rings (SSSR count). The Labute approximate surface area is 119 Å². The first-order valence-electron chi connectivity index (χ1n) is 4.47. The number of nitrogens with zero attached hydrogens (tertiary/aromatic N) is 2. The number of carbonyl (C=O) groups excluding carboxylic acids is 1. The Hall–Kier alpha value is -0.850. The molecule has 7 heteroatoms. The van der Waals surface area contributed by atoms with Crippen molar-refractivity contribution in [1.29, 1.82) is 0 Å². The first-order valence-corrected chi connectivity index (χ1v) is 6.43. The highest BCUT2D eigenvalue weighted by molar-refractivity contribution is 9.11. The predicted octanol–water partition coefficient (Wildman–Crippen LogP) is 3.33. The van der Waals surface area contributed by atoms with Crippen LogP contribution in [-0.4, -0.2) is 15.9 Å². The van der Waals surface area contributed by atoms with Gasteiger partial charge in [0.15, 0.2) is 9.21 Å². The lowest BCUT2D eigenvalue weighted by Crippen LogP contribution is -2.21. The van der Waals surface area contributed by atoms with Crippen molar-refractivity contribution in [3.8, 4) is 0 Å². The average Bonchev–Trinajstić information content (AvgIpc) is 2.58. The molecule has 0 spiro atoms. The Morgan fingerprint density at radius 2 is 1.94 bits per heavy atom. The van der Waals surface area contributed by atoms with E-state index in [1.54, 1.807) is 24.3 Å². The predicted molar refractivity (Wildman–Crippen MR) is 70.0 cm³/mol. The van der Waals surface area contributed by atoms with E-state index in [-0.39, 0.29) is 0 Å². The molecule has 0 radical (unpaired) electrons. The quantitative estimate of drug-likeness (QED) is 0.803. The van der Waals surface area contributed by atoms with Crippen molar-refractivity contribution in [2.24, 2.45) is 0 Å². The van der Waals surface area contributed by atoms with E-state index in [1.807, 2.05) is 6.07 Å². The fourth-order valence-electron chi connectivity index (χ4n) is 1.10. The molecule has 0 aliphatic carbocycles. The van der Waals surface area contributed by atoms with E-state index in [2.05, 4.69) is 37.0 Å². The summed E-state index contributed by atoms with van der Waals surface area (Å²) in [5.74, 6) is -0.516. The maximum Gasteiger partial charge on any atom is 0.365 e. The summed E-state index contributed by atoms with van der Waals surface area (Å²) in [5, 5.41) is 4.23. The van der Waals surface area contributed by atoms with E-state index in [0.717, 1.165) is 4.85 Å². The van der Waals surface area contributed by atoms with E-state index in [0.29, 0.717) is 19.8 Å². The van der Waals surface area contributed by atoms with Crippen molar-refractivity contribution in [3.05, 3.63) is 50.1 Å². The van der Waals surface area contributed by atoms with Gasteiger partial charge in [0.25, 0.3) is 0 Å². The maximum atomic E-state index is 11.7. The third-order valence-electron chi connectivity index (χ3n) is 1.89. The molecular weight excluding hydrogens is 375 g/mol. The molecule has 0 amide bonds. The lowest BCUT2D eigenvalue weighted by Gasteiger charge is -2.03. The number of halogens is 3. The van der Waals surface area contributed by atoms with Gasteiger partial charge in [0.05, 0.1) is 5.56 Å². The van der Waals surface area contributed by atoms with Gasteiger partial charge in [-0.05, 0) is 44.0 Å². The van der Waals surface area contributed by atoms with Crippen LogP contribution in [0.15, 0.2) is 39.5 Å². The van der Waals surface area contributed by atoms with Crippen molar-refractivity contribution in [2.45, 2.75) is 0 Å². The summed E-state index contributed by atoms with van der Waals surface area (Å²) in [6.45, 7) is 0. The van der Waals surface area contributed by atoms with E-state index in [4.69, 9.17) is 16.4 Å². The van der Waals surface area contributed by atoms with E-state index in [9.17, 15) is 4.79 Å². The van der Waals surface area contributed by atoms with Gasteiger partial charge in [-0.25, -0.2) is 4.79 Å². The number of rotatable bonds is 2. The first-order chi connectivity index (χ1) is 8.09. The van der Waals surface area contributed by atoms with Crippen LogP contribution >= 0.6 is 43.5 Å². The lowest BCUT2D eigenvalue weighted by atomic mass is 10.2. The monoisotopic (exact) mass is 378 g/mol. The van der Waals surface area contributed by atoms with Crippen LogP contribution in [0.4, 0.5) is 0 Å². The first kappa shape index (κ1) is 12.6. The van der Waals surface area contributed by atoms with Crippen LogP contribution in [0.5, 0.6) is 0 Å². The van der Waals surface area contributed by atoms with Crippen molar-refractivity contribution >= 4 is 49.4 Å². The Bertz CT molecular complexity index is 557. The summed E-state index contributed by atoms with van der Waals surface area (Å²) >= 11 is 12.2. The number of benzene rings is 1. The molecule has 0 fully saturated rings. The van der Waals surface area contributed by atoms with Crippen molar-refractivity contribution < 1.29 is 9.63 Å². The average molecular weight is 380 g/mol. The van der Waals surface area contributed by atoms with Gasteiger partial charge in [-0.3, -0.25) is 0 Å². The third kappa shape index (κ3) is 2.70. The van der Waals surface area contributed by atoms with Crippen LogP contribution in [-0.2, 0) is 0 Å². The zero-order valence-electron chi connectivity index (χ0n) is 8.23. The molecule has 0 saturated heterocycles. The van der Waals surface area contributed by atoms with Crippen molar-refractivity contribution in [2.75, 3.05) is 0 Å². The summed E-state index contributed by atoms with van der Waals surface area (Å²) in [6, 6.07) is 8.61. The molecule has 2 aromatic rings. The van der Waals surface area contributed by atoms with Gasteiger partial charge in [-0.2, -0.15) is 0 Å². The Morgan fingerprint density at radius 1 is 1.29 bits per heavy atom. The standard InChI is InChI=1S/C10H5Br2ClN2O2/c11-8-7(13)9(12)15(14-8)17-10(16)6-4-2-1-3-5-6/h1-5H. The molecule has 17 heavy (non-hydrogen) atoms. The topological polar surface area (TPSA) is 44.1 Å². The van der Waals surface area contributed by atoms with Crippen molar-refractivity contribution in [3.63, 3.8) is 0 Å². The second kappa shape index (κ2) is 5.20.